The summed E-state index contributed by atoms with van der Waals surface area (Å²) in [7, 11) is 0. The lowest BCUT2D eigenvalue weighted by molar-refractivity contribution is 0.280. The molecule has 120 valence electrons. The van der Waals surface area contributed by atoms with E-state index >= 15 is 0 Å². The average molecular weight is 320 g/mol. The number of aliphatic hydroxyl groups is 1. The first-order valence-electron chi connectivity index (χ1n) is 8.09. The van der Waals surface area contributed by atoms with Gasteiger partial charge in [-0.15, -0.1) is 0 Å². The lowest BCUT2D eigenvalue weighted by Gasteiger charge is -2.14. The molecule has 0 aliphatic heterocycles. The number of aromatic nitrogens is 2. The highest BCUT2D eigenvalue weighted by Crippen LogP contribution is 2.43. The molecule has 0 atom stereocenters. The number of rotatable bonds is 4. The van der Waals surface area contributed by atoms with Crippen molar-refractivity contribution >= 4 is 0 Å². The highest BCUT2D eigenvalue weighted by Gasteiger charge is 2.30. The van der Waals surface area contributed by atoms with Crippen molar-refractivity contribution in [1.82, 2.24) is 9.97 Å². The number of halogens is 1. The molecule has 0 unspecified atom stereocenters. The molecule has 1 N–H and O–H groups in total. The lowest BCUT2D eigenvalue weighted by atomic mass is 10.0. The van der Waals surface area contributed by atoms with Gasteiger partial charge in [-0.2, -0.15) is 0 Å². The van der Waals surface area contributed by atoms with E-state index in [1.165, 1.54) is 12.1 Å². The smallest absolute Gasteiger partial charge is 0.160 e. The van der Waals surface area contributed by atoms with Gasteiger partial charge in [0.1, 0.15) is 5.82 Å². The molecular weight excluding hydrogens is 303 g/mol. The van der Waals surface area contributed by atoms with E-state index in [0.717, 1.165) is 35.2 Å². The molecule has 1 aromatic heterocycles. The van der Waals surface area contributed by atoms with Crippen LogP contribution in [-0.2, 0) is 6.61 Å². The molecule has 1 aliphatic carbocycles. The molecule has 1 fully saturated rings. The van der Waals surface area contributed by atoms with Gasteiger partial charge in [-0.05, 0) is 37.1 Å². The van der Waals surface area contributed by atoms with Crippen LogP contribution in [0.4, 0.5) is 4.39 Å². The van der Waals surface area contributed by atoms with Crippen LogP contribution in [-0.4, -0.2) is 15.1 Å². The van der Waals surface area contributed by atoms with E-state index in [0.29, 0.717) is 17.4 Å². The van der Waals surface area contributed by atoms with Gasteiger partial charge in [0, 0.05) is 22.6 Å². The van der Waals surface area contributed by atoms with Crippen molar-refractivity contribution in [3.63, 3.8) is 0 Å². The minimum atomic E-state index is -0.288. The summed E-state index contributed by atoms with van der Waals surface area (Å²) in [6.45, 7) is -0.117. The molecule has 3 nitrogen and oxygen atoms in total. The second-order valence-electron chi connectivity index (χ2n) is 6.06. The molecule has 3 aromatic rings. The molecule has 4 heteroatoms. The maximum atomic E-state index is 13.3. The number of hydrogen-bond donors (Lipinski definition) is 1. The fraction of sp³-hybridized carbons (Fsp3) is 0.200. The van der Waals surface area contributed by atoms with E-state index in [9.17, 15) is 9.50 Å². The number of benzene rings is 2. The Balaban J connectivity index is 1.93. The SMILES string of the molecule is OCc1c(-c2ccc(F)cc2)nc(-c2ccccc2)nc1C1CC1. The molecule has 0 spiro atoms. The van der Waals surface area contributed by atoms with Crippen LogP contribution in [0.3, 0.4) is 0 Å². The molecule has 24 heavy (non-hydrogen) atoms. The normalized spacial score (nSPS) is 13.9. The van der Waals surface area contributed by atoms with Crippen LogP contribution >= 0.6 is 0 Å². The van der Waals surface area contributed by atoms with Crippen molar-refractivity contribution < 1.29 is 9.50 Å². The van der Waals surface area contributed by atoms with Crippen molar-refractivity contribution in [2.45, 2.75) is 25.4 Å². The molecule has 0 amide bonds. The van der Waals surface area contributed by atoms with Crippen molar-refractivity contribution in [3.05, 3.63) is 71.7 Å². The zero-order chi connectivity index (χ0) is 16.5. The molecule has 1 aliphatic rings. The predicted octanol–water partition coefficient (Wildman–Crippen LogP) is 4.32. The summed E-state index contributed by atoms with van der Waals surface area (Å²) in [5.41, 5.74) is 4.09. The van der Waals surface area contributed by atoms with Crippen molar-refractivity contribution in [2.24, 2.45) is 0 Å². The Morgan fingerprint density at radius 1 is 0.917 bits per heavy atom. The van der Waals surface area contributed by atoms with Crippen LogP contribution in [0.2, 0.25) is 0 Å². The summed E-state index contributed by atoms with van der Waals surface area (Å²) in [6, 6.07) is 16.0. The Morgan fingerprint density at radius 2 is 1.62 bits per heavy atom. The first kappa shape index (κ1) is 15.0. The van der Waals surface area contributed by atoms with Crippen LogP contribution < -0.4 is 0 Å². The monoisotopic (exact) mass is 320 g/mol. The second kappa shape index (κ2) is 6.13. The van der Waals surface area contributed by atoms with Gasteiger partial charge < -0.3 is 5.11 Å². The maximum Gasteiger partial charge on any atom is 0.160 e. The molecule has 1 saturated carbocycles. The van der Waals surface area contributed by atoms with Crippen LogP contribution in [0.1, 0.15) is 30.0 Å². The van der Waals surface area contributed by atoms with Gasteiger partial charge >= 0.3 is 0 Å². The Labute approximate surface area is 139 Å². The van der Waals surface area contributed by atoms with E-state index in [1.54, 1.807) is 12.1 Å². The fourth-order valence-corrected chi connectivity index (χ4v) is 2.91. The van der Waals surface area contributed by atoms with Crippen LogP contribution in [0, 0.1) is 5.82 Å². The third-order valence-corrected chi connectivity index (χ3v) is 4.31. The first-order chi connectivity index (χ1) is 11.8. The van der Waals surface area contributed by atoms with Crippen molar-refractivity contribution in [1.29, 1.82) is 0 Å². The summed E-state index contributed by atoms with van der Waals surface area (Å²) in [5.74, 6) is 0.745. The molecule has 0 bridgehead atoms. The fourth-order valence-electron chi connectivity index (χ4n) is 2.91. The van der Waals surface area contributed by atoms with Gasteiger partial charge in [-0.3, -0.25) is 0 Å². The molecule has 1 heterocycles. The summed E-state index contributed by atoms with van der Waals surface area (Å²) in [5, 5.41) is 9.90. The molecule has 0 saturated heterocycles. The molecule has 0 radical (unpaired) electrons. The van der Waals surface area contributed by atoms with Crippen molar-refractivity contribution in [3.8, 4) is 22.6 Å². The minimum Gasteiger partial charge on any atom is -0.392 e. The van der Waals surface area contributed by atoms with E-state index in [4.69, 9.17) is 9.97 Å². The van der Waals surface area contributed by atoms with Gasteiger partial charge in [0.25, 0.3) is 0 Å². The standard InChI is InChI=1S/C20H17FN2O/c21-16-10-8-14(9-11-16)19-17(12-24)18(13-6-7-13)22-20(23-19)15-4-2-1-3-5-15/h1-5,8-11,13,24H,6-7,12H2. The number of hydrogen-bond acceptors (Lipinski definition) is 3. The van der Waals surface area contributed by atoms with Gasteiger partial charge in [-0.25, -0.2) is 14.4 Å². The molecule has 2 aromatic carbocycles. The summed E-state index contributed by atoms with van der Waals surface area (Å²) < 4.78 is 13.3. The highest BCUT2D eigenvalue weighted by atomic mass is 19.1. The van der Waals surface area contributed by atoms with Crippen LogP contribution in [0.5, 0.6) is 0 Å². The van der Waals surface area contributed by atoms with Crippen LogP contribution in [0.15, 0.2) is 54.6 Å². The summed E-state index contributed by atoms with van der Waals surface area (Å²) in [6.07, 6.45) is 2.17. The summed E-state index contributed by atoms with van der Waals surface area (Å²) >= 11 is 0. The Bertz CT molecular complexity index is 859. The third kappa shape index (κ3) is 2.81. The topological polar surface area (TPSA) is 46.0 Å². The van der Waals surface area contributed by atoms with Gasteiger partial charge in [0.2, 0.25) is 0 Å². The molecule has 4 rings (SSSR count). The zero-order valence-corrected chi connectivity index (χ0v) is 13.1. The Kier molecular flexibility index (Phi) is 3.82. The summed E-state index contributed by atoms with van der Waals surface area (Å²) in [4.78, 5) is 9.43. The van der Waals surface area contributed by atoms with Gasteiger partial charge in [0.15, 0.2) is 5.82 Å². The predicted molar refractivity (Wildman–Crippen MR) is 90.8 cm³/mol. The van der Waals surface area contributed by atoms with E-state index in [-0.39, 0.29) is 12.4 Å². The van der Waals surface area contributed by atoms with E-state index in [1.807, 2.05) is 30.3 Å². The quantitative estimate of drug-likeness (QED) is 0.779. The van der Waals surface area contributed by atoms with E-state index < -0.39 is 0 Å². The third-order valence-electron chi connectivity index (χ3n) is 4.31. The Hall–Kier alpha value is -2.59. The second-order valence-corrected chi connectivity index (χ2v) is 6.06. The molecular formula is C20H17FN2O. The number of nitrogens with zero attached hydrogens (tertiary/aromatic N) is 2. The lowest BCUT2D eigenvalue weighted by Crippen LogP contribution is -2.05. The van der Waals surface area contributed by atoms with Gasteiger partial charge in [0.05, 0.1) is 18.0 Å². The highest BCUT2D eigenvalue weighted by molar-refractivity contribution is 5.68. The average Bonchev–Trinajstić information content (AvgIpc) is 3.47. The largest absolute Gasteiger partial charge is 0.392 e. The Morgan fingerprint density at radius 3 is 2.25 bits per heavy atom. The number of aliphatic hydroxyl groups excluding tert-OH is 1. The first-order valence-corrected chi connectivity index (χ1v) is 8.09. The minimum absolute atomic E-state index is 0.117. The van der Waals surface area contributed by atoms with Crippen molar-refractivity contribution in [2.75, 3.05) is 0 Å². The maximum absolute atomic E-state index is 13.3. The zero-order valence-electron chi connectivity index (χ0n) is 13.1. The van der Waals surface area contributed by atoms with Gasteiger partial charge in [-0.1, -0.05) is 30.3 Å². The van der Waals surface area contributed by atoms with E-state index in [2.05, 4.69) is 0 Å². The van der Waals surface area contributed by atoms with Crippen LogP contribution in [0.25, 0.3) is 22.6 Å².